The molecule has 0 amide bonds. The van der Waals surface area contributed by atoms with Crippen LogP contribution in [0.2, 0.25) is 0 Å². The number of allylic oxidation sites excluding steroid dienone is 24. The molecule has 0 saturated heterocycles. The molecule has 5 unspecified atom stereocenters. The van der Waals surface area contributed by atoms with Crippen molar-refractivity contribution in [2.24, 2.45) is 0 Å². The van der Waals surface area contributed by atoms with Gasteiger partial charge in [-0.1, -0.05) is 391 Å². The Morgan fingerprint density at radius 2 is 0.453 bits per heavy atom. The maximum Gasteiger partial charge on any atom is 0.472 e. The lowest BCUT2D eigenvalue weighted by molar-refractivity contribution is -0.161. The fourth-order valence-electron chi connectivity index (χ4n) is 13.0. The molecular formula is C99H172O16P2. The number of unbranched alkanes of at least 4 members (excludes halogenated alkanes) is 42. The molecule has 0 aliphatic carbocycles. The Kier molecular flexibility index (Phi) is 87.1. The standard InChI is InChI=1S/C99H172O16P2/c1-4-7-10-13-16-19-22-25-28-30-32-34-36-38-40-42-44-46-48-50-52-54-56-58-60-62-65-67-70-73-76-79-82-85-97(102)109-88-94(100)89-111-116(105,106)112-90-95(101)91-113-117(107,108)114-93-96(115-99(104)87-84-81-78-75-72-69-64-27-24-21-18-15-12-9-6-3)92-110-98(103)86-83-80-77-74-71-68-66-63-61-59-57-55-53-51-49-47-45-43-41-39-37-35-33-31-29-26-23-20-17-14-11-8-5-2/h7,9-10,12,16-21,25-29,32-35,38-41,64,94-96,100-101H,4-6,8,11,13-15,22-24,30-31,36-37,42-63,65-93H2,1-3H3,(H,105,106)(H,107,108)/b10-7-,12-9-,19-16-,20-17-,21-18-,28-25-,29-26-,34-32-,35-33-,40-38-,41-39-,64-27-. The van der Waals surface area contributed by atoms with Crippen molar-refractivity contribution >= 4 is 33.6 Å². The lowest BCUT2D eigenvalue weighted by Gasteiger charge is -2.21. The number of carbonyl (C=O) groups excluding carboxylic acids is 3. The second-order valence-corrected chi connectivity index (χ2v) is 34.3. The molecule has 0 aliphatic rings. The molecule has 0 spiro atoms. The highest BCUT2D eigenvalue weighted by Gasteiger charge is 2.30. The van der Waals surface area contributed by atoms with E-state index >= 15 is 0 Å². The van der Waals surface area contributed by atoms with Gasteiger partial charge in [0.05, 0.1) is 26.4 Å². The molecule has 4 N–H and O–H groups in total. The second-order valence-electron chi connectivity index (χ2n) is 31.4. The van der Waals surface area contributed by atoms with E-state index in [0.29, 0.717) is 19.3 Å². The molecule has 0 aromatic heterocycles. The van der Waals surface area contributed by atoms with Gasteiger partial charge in [-0.2, -0.15) is 0 Å². The van der Waals surface area contributed by atoms with Crippen molar-refractivity contribution in [1.29, 1.82) is 0 Å². The number of esters is 3. The predicted molar refractivity (Wildman–Crippen MR) is 491 cm³/mol. The first-order valence-corrected chi connectivity index (χ1v) is 50.1. The number of phosphoric ester groups is 2. The largest absolute Gasteiger partial charge is 0.472 e. The van der Waals surface area contributed by atoms with E-state index < -0.39 is 91.5 Å². The molecule has 674 valence electrons. The van der Waals surface area contributed by atoms with Crippen LogP contribution in [0.25, 0.3) is 0 Å². The van der Waals surface area contributed by atoms with Crippen molar-refractivity contribution in [1.82, 2.24) is 0 Å². The highest BCUT2D eigenvalue weighted by molar-refractivity contribution is 7.47. The number of rotatable bonds is 89. The average molecular weight is 1680 g/mol. The normalized spacial score (nSPS) is 14.4. The van der Waals surface area contributed by atoms with E-state index in [4.69, 9.17) is 32.3 Å². The fraction of sp³-hybridized carbons (Fsp3) is 0.727. The number of hydrogen-bond acceptors (Lipinski definition) is 14. The first-order chi connectivity index (χ1) is 57.2. The Labute approximate surface area is 715 Å². The van der Waals surface area contributed by atoms with Gasteiger partial charge < -0.3 is 34.2 Å². The molecule has 18 heteroatoms. The Morgan fingerprint density at radius 3 is 0.718 bits per heavy atom. The van der Waals surface area contributed by atoms with Gasteiger partial charge >= 0.3 is 33.6 Å². The summed E-state index contributed by atoms with van der Waals surface area (Å²) in [6.07, 6.45) is 115. The maximum absolute atomic E-state index is 13.0. The van der Waals surface area contributed by atoms with Gasteiger partial charge in [-0.05, 0) is 141 Å². The number of carbonyl (C=O) groups is 3. The van der Waals surface area contributed by atoms with Crippen LogP contribution in [0.1, 0.15) is 406 Å². The Hall–Kier alpha value is -4.57. The second kappa shape index (κ2) is 90.7. The molecule has 0 saturated carbocycles. The minimum absolute atomic E-state index is 0.0847. The highest BCUT2D eigenvalue weighted by Crippen LogP contribution is 2.45. The van der Waals surface area contributed by atoms with Crippen LogP contribution in [0.5, 0.6) is 0 Å². The molecule has 16 nitrogen and oxygen atoms in total. The zero-order valence-corrected chi connectivity index (χ0v) is 76.1. The molecule has 117 heavy (non-hydrogen) atoms. The number of aliphatic hydroxyl groups excluding tert-OH is 2. The van der Waals surface area contributed by atoms with Crippen LogP contribution >= 0.6 is 15.6 Å². The van der Waals surface area contributed by atoms with Crippen molar-refractivity contribution in [2.75, 3.05) is 39.6 Å². The highest BCUT2D eigenvalue weighted by atomic mass is 31.2. The van der Waals surface area contributed by atoms with Crippen LogP contribution in [0, 0.1) is 0 Å². The summed E-state index contributed by atoms with van der Waals surface area (Å²) in [6, 6.07) is 0. The molecule has 0 aromatic carbocycles. The quantitative estimate of drug-likeness (QED) is 0.0146. The van der Waals surface area contributed by atoms with Gasteiger partial charge in [0.2, 0.25) is 0 Å². The zero-order chi connectivity index (χ0) is 85.1. The van der Waals surface area contributed by atoms with Gasteiger partial charge in [0.1, 0.15) is 25.4 Å². The summed E-state index contributed by atoms with van der Waals surface area (Å²) in [6.45, 7) is 2.46. The van der Waals surface area contributed by atoms with Gasteiger partial charge in [-0.15, -0.1) is 0 Å². The van der Waals surface area contributed by atoms with Gasteiger partial charge in [0.25, 0.3) is 0 Å². The smallest absolute Gasteiger partial charge is 0.463 e. The van der Waals surface area contributed by atoms with Crippen LogP contribution in [0.3, 0.4) is 0 Å². The SMILES string of the molecule is CC/C=C\C/C=C\C/C=C\C/C=C\C/C=C\CCCCCCCCCCCCCCCCCCCC(=O)OCC(O)COP(=O)(O)OCC(O)COP(=O)(O)OCC(COC(=O)CCCCCCCCCCCCCCCCCCC/C=C\C/C=C\C/C=C\C/C=C\CCCCC)OC(=O)CCCCCCC/C=C\C/C=C\C/C=C\CC. The summed E-state index contributed by atoms with van der Waals surface area (Å²) >= 11 is 0. The number of aliphatic hydroxyl groups is 2. The molecule has 0 rings (SSSR count). The molecule has 0 fully saturated rings. The van der Waals surface area contributed by atoms with Crippen LogP contribution in [0.15, 0.2) is 146 Å². The summed E-state index contributed by atoms with van der Waals surface area (Å²) in [5.41, 5.74) is 0. The molecule has 0 aromatic rings. The maximum atomic E-state index is 13.0. The number of phosphoric acid groups is 2. The number of ether oxygens (including phenoxy) is 3. The predicted octanol–water partition coefficient (Wildman–Crippen LogP) is 29.1. The zero-order valence-electron chi connectivity index (χ0n) is 74.3. The molecule has 0 radical (unpaired) electrons. The molecule has 0 bridgehead atoms. The molecule has 0 aliphatic heterocycles. The fourth-order valence-corrected chi connectivity index (χ4v) is 14.5. The van der Waals surface area contributed by atoms with E-state index in [1.54, 1.807) is 0 Å². The van der Waals surface area contributed by atoms with E-state index in [2.05, 4.69) is 167 Å². The minimum Gasteiger partial charge on any atom is -0.463 e. The third-order valence-electron chi connectivity index (χ3n) is 20.0. The third-order valence-corrected chi connectivity index (χ3v) is 21.9. The van der Waals surface area contributed by atoms with Crippen LogP contribution in [0.4, 0.5) is 0 Å². The van der Waals surface area contributed by atoms with Crippen molar-refractivity contribution in [2.45, 2.75) is 424 Å². The monoisotopic (exact) mass is 1680 g/mol. The van der Waals surface area contributed by atoms with Crippen molar-refractivity contribution in [3.05, 3.63) is 146 Å². The first kappa shape index (κ1) is 112. The van der Waals surface area contributed by atoms with E-state index in [1.165, 1.54) is 205 Å². The summed E-state index contributed by atoms with van der Waals surface area (Å²) in [7, 11) is -9.81. The van der Waals surface area contributed by atoms with Gasteiger partial charge in [0.15, 0.2) is 6.10 Å². The lowest BCUT2D eigenvalue weighted by Crippen LogP contribution is -2.30. The van der Waals surface area contributed by atoms with Crippen LogP contribution < -0.4 is 0 Å². The topological polar surface area (TPSA) is 231 Å². The van der Waals surface area contributed by atoms with Gasteiger partial charge in [0, 0.05) is 19.3 Å². The Morgan fingerprint density at radius 1 is 0.248 bits per heavy atom. The van der Waals surface area contributed by atoms with Crippen LogP contribution in [-0.2, 0) is 55.8 Å². The third kappa shape index (κ3) is 92.0. The molecule has 5 atom stereocenters. The molecular weight excluding hydrogens is 1510 g/mol. The summed E-state index contributed by atoms with van der Waals surface area (Å²) < 4.78 is 61.4. The average Bonchev–Trinajstić information content (AvgIpc) is 0.874. The van der Waals surface area contributed by atoms with Crippen molar-refractivity contribution in [3.8, 4) is 0 Å². The van der Waals surface area contributed by atoms with Gasteiger partial charge in [-0.3, -0.25) is 32.5 Å². The van der Waals surface area contributed by atoms with Crippen molar-refractivity contribution < 1.29 is 75.8 Å². The summed E-state index contributed by atoms with van der Waals surface area (Å²) in [5.74, 6) is -1.58. The van der Waals surface area contributed by atoms with Crippen LogP contribution in [-0.4, -0.2) is 95.9 Å². The van der Waals surface area contributed by atoms with E-state index in [0.717, 1.165) is 141 Å². The Bertz CT molecular complexity index is 2710. The minimum atomic E-state index is -4.94. The Balaban J connectivity index is 4.43. The lowest BCUT2D eigenvalue weighted by atomic mass is 10.0. The first-order valence-electron chi connectivity index (χ1n) is 47.1. The van der Waals surface area contributed by atoms with E-state index in [1.807, 2.05) is 0 Å². The van der Waals surface area contributed by atoms with E-state index in [9.17, 15) is 43.5 Å². The van der Waals surface area contributed by atoms with Crippen molar-refractivity contribution in [3.63, 3.8) is 0 Å². The molecule has 0 heterocycles. The van der Waals surface area contributed by atoms with E-state index in [-0.39, 0.29) is 19.3 Å². The number of hydrogen-bond donors (Lipinski definition) is 4. The van der Waals surface area contributed by atoms with Gasteiger partial charge in [-0.25, -0.2) is 9.13 Å². The summed E-state index contributed by atoms with van der Waals surface area (Å²) in [5, 5.41) is 20.7. The summed E-state index contributed by atoms with van der Waals surface area (Å²) in [4.78, 5) is 58.9.